The van der Waals surface area contributed by atoms with Gasteiger partial charge in [-0.05, 0) is 24.0 Å². The number of hydrogen-bond acceptors (Lipinski definition) is 3. The summed E-state index contributed by atoms with van der Waals surface area (Å²) >= 11 is 0. The number of piperidine rings is 1. The van der Waals surface area contributed by atoms with Gasteiger partial charge in [-0.2, -0.15) is 0 Å². The number of rotatable bonds is 7. The Balaban J connectivity index is 1.59. The molecule has 7 heteroatoms. The molecule has 6 nitrogen and oxygen atoms in total. The lowest BCUT2D eigenvalue weighted by Gasteiger charge is -2.33. The second-order valence-corrected chi connectivity index (χ2v) is 8.49. The van der Waals surface area contributed by atoms with Crippen LogP contribution in [0, 0.1) is 0 Å². The van der Waals surface area contributed by atoms with Crippen LogP contribution in [0.15, 0.2) is 60.7 Å². The number of carbonyl (C=O) groups is 1. The Morgan fingerprint density at radius 3 is 2.35 bits per heavy atom. The van der Waals surface area contributed by atoms with Crippen LogP contribution in [-0.4, -0.2) is 28.1 Å². The number of hydrogen-bond donors (Lipinski definition) is 2. The van der Waals surface area contributed by atoms with Crippen molar-refractivity contribution in [3.8, 4) is 0 Å². The number of benzene rings is 2. The van der Waals surface area contributed by atoms with Crippen LogP contribution in [0.25, 0.3) is 0 Å². The number of nitrogens with zero attached hydrogens (tertiary/aromatic N) is 1. The van der Waals surface area contributed by atoms with Crippen molar-refractivity contribution in [1.82, 2.24) is 10.2 Å². The third-order valence-corrected chi connectivity index (χ3v) is 6.31. The van der Waals surface area contributed by atoms with E-state index in [4.69, 9.17) is 4.84 Å². The Bertz CT molecular complexity index is 770. The first-order valence-electron chi connectivity index (χ1n) is 8.66. The molecule has 2 N–H and O–H groups in total. The molecule has 2 aromatic carbocycles. The zero-order chi connectivity index (χ0) is 18.4. The second kappa shape index (κ2) is 8.60. The van der Waals surface area contributed by atoms with Crippen LogP contribution in [0.3, 0.4) is 0 Å². The van der Waals surface area contributed by atoms with Crippen molar-refractivity contribution in [2.75, 3.05) is 6.54 Å². The zero-order valence-electron chi connectivity index (χ0n) is 14.5. The SMILES string of the molecule is O=C1C(P(=O)(O)NCc2ccccc2)CCCN1OCc1ccccc1. The minimum atomic E-state index is -3.84. The van der Waals surface area contributed by atoms with E-state index in [0.717, 1.165) is 11.1 Å². The molecule has 1 fully saturated rings. The molecule has 0 spiro atoms. The number of nitrogens with one attached hydrogen (secondary N) is 1. The number of amides is 1. The van der Waals surface area contributed by atoms with Gasteiger partial charge in [-0.25, -0.2) is 10.2 Å². The predicted octanol–water partition coefficient (Wildman–Crippen LogP) is 3.08. The Hall–Kier alpha value is -1.98. The monoisotopic (exact) mass is 374 g/mol. The van der Waals surface area contributed by atoms with Crippen molar-refractivity contribution in [2.45, 2.75) is 31.7 Å². The third-order valence-electron chi connectivity index (χ3n) is 4.37. The summed E-state index contributed by atoms with van der Waals surface area (Å²) in [7, 11) is -3.84. The zero-order valence-corrected chi connectivity index (χ0v) is 15.3. The summed E-state index contributed by atoms with van der Waals surface area (Å²) in [5, 5.41) is 3.91. The molecule has 2 atom stereocenters. The Labute approximate surface area is 153 Å². The third kappa shape index (κ3) is 4.80. The summed E-state index contributed by atoms with van der Waals surface area (Å²) in [5.41, 5.74) is 0.856. The lowest BCUT2D eigenvalue weighted by atomic mass is 10.1. The highest BCUT2D eigenvalue weighted by molar-refractivity contribution is 7.57. The van der Waals surface area contributed by atoms with E-state index in [1.165, 1.54) is 5.06 Å². The van der Waals surface area contributed by atoms with Crippen LogP contribution in [0.1, 0.15) is 24.0 Å². The molecular weight excluding hydrogens is 351 g/mol. The Morgan fingerprint density at radius 1 is 1.08 bits per heavy atom. The molecule has 2 unspecified atom stereocenters. The fraction of sp³-hybridized carbons (Fsp3) is 0.316. The molecule has 1 heterocycles. The molecule has 1 aliphatic heterocycles. The van der Waals surface area contributed by atoms with Crippen LogP contribution in [0.4, 0.5) is 0 Å². The summed E-state index contributed by atoms with van der Waals surface area (Å²) in [6, 6.07) is 18.9. The summed E-state index contributed by atoms with van der Waals surface area (Å²) in [6.45, 7) is 0.927. The van der Waals surface area contributed by atoms with Crippen molar-refractivity contribution < 1.29 is 19.1 Å². The van der Waals surface area contributed by atoms with Gasteiger partial charge in [0.25, 0.3) is 13.4 Å². The number of carbonyl (C=O) groups excluding carboxylic acids is 1. The fourth-order valence-corrected chi connectivity index (χ4v) is 4.51. The van der Waals surface area contributed by atoms with E-state index in [-0.39, 0.29) is 13.2 Å². The van der Waals surface area contributed by atoms with Gasteiger partial charge in [-0.15, -0.1) is 0 Å². The molecule has 0 radical (unpaired) electrons. The average Bonchev–Trinajstić information content (AvgIpc) is 2.67. The normalized spacial score (nSPS) is 20.0. The lowest BCUT2D eigenvalue weighted by Crippen LogP contribution is -2.45. The van der Waals surface area contributed by atoms with E-state index in [2.05, 4.69) is 5.09 Å². The lowest BCUT2D eigenvalue weighted by molar-refractivity contribution is -0.196. The van der Waals surface area contributed by atoms with Crippen molar-refractivity contribution in [2.24, 2.45) is 0 Å². The summed E-state index contributed by atoms with van der Waals surface area (Å²) in [4.78, 5) is 28.6. The molecule has 0 aliphatic carbocycles. The highest BCUT2D eigenvalue weighted by Gasteiger charge is 2.42. The minimum Gasteiger partial charge on any atom is -0.333 e. The first-order chi connectivity index (χ1) is 12.6. The Morgan fingerprint density at radius 2 is 1.69 bits per heavy atom. The first-order valence-corrected chi connectivity index (χ1v) is 10.4. The van der Waals surface area contributed by atoms with Crippen LogP contribution >= 0.6 is 7.52 Å². The summed E-state index contributed by atoms with van der Waals surface area (Å²) < 4.78 is 12.7. The van der Waals surface area contributed by atoms with Crippen LogP contribution < -0.4 is 5.09 Å². The van der Waals surface area contributed by atoms with E-state index < -0.39 is 19.1 Å². The molecular formula is C19H23N2O4P. The quantitative estimate of drug-likeness (QED) is 0.728. The second-order valence-electron chi connectivity index (χ2n) is 6.30. The van der Waals surface area contributed by atoms with E-state index in [0.29, 0.717) is 19.4 Å². The van der Waals surface area contributed by atoms with E-state index in [9.17, 15) is 14.3 Å². The summed E-state index contributed by atoms with van der Waals surface area (Å²) in [6.07, 6.45) is 1.00. The van der Waals surface area contributed by atoms with Gasteiger partial charge in [-0.1, -0.05) is 60.7 Å². The van der Waals surface area contributed by atoms with Gasteiger partial charge >= 0.3 is 0 Å². The summed E-state index contributed by atoms with van der Waals surface area (Å²) in [5.74, 6) is -0.432. The van der Waals surface area contributed by atoms with Crippen molar-refractivity contribution in [3.05, 3.63) is 71.8 Å². The highest BCUT2D eigenvalue weighted by atomic mass is 31.2. The van der Waals surface area contributed by atoms with Crippen LogP contribution in [-0.2, 0) is 27.3 Å². The molecule has 3 rings (SSSR count). The molecule has 138 valence electrons. The average molecular weight is 374 g/mol. The van der Waals surface area contributed by atoms with Gasteiger partial charge in [0.1, 0.15) is 12.3 Å². The van der Waals surface area contributed by atoms with Gasteiger partial charge in [0.2, 0.25) is 0 Å². The molecule has 0 saturated carbocycles. The molecule has 1 saturated heterocycles. The fourth-order valence-electron chi connectivity index (χ4n) is 2.92. The Kier molecular flexibility index (Phi) is 6.22. The molecule has 0 aromatic heterocycles. The topological polar surface area (TPSA) is 78.9 Å². The number of hydroxylamine groups is 2. The molecule has 2 aromatic rings. The maximum atomic E-state index is 12.7. The molecule has 0 bridgehead atoms. The minimum absolute atomic E-state index is 0.239. The van der Waals surface area contributed by atoms with Gasteiger partial charge < -0.3 is 4.89 Å². The molecule has 1 aliphatic rings. The standard InChI is InChI=1S/C19H23N2O4P/c22-19-18(26(23,24)20-14-16-8-3-1-4-9-16)12-7-13-21(19)25-15-17-10-5-2-6-11-17/h1-6,8-11,18H,7,12-15H2,(H2,20,23,24). The van der Waals surface area contributed by atoms with Gasteiger partial charge in [0.15, 0.2) is 0 Å². The van der Waals surface area contributed by atoms with E-state index in [1.807, 2.05) is 60.7 Å². The van der Waals surface area contributed by atoms with Gasteiger partial charge in [-0.3, -0.25) is 14.2 Å². The van der Waals surface area contributed by atoms with E-state index >= 15 is 0 Å². The highest BCUT2D eigenvalue weighted by Crippen LogP contribution is 2.46. The van der Waals surface area contributed by atoms with Gasteiger partial charge in [0, 0.05) is 13.1 Å². The van der Waals surface area contributed by atoms with Crippen molar-refractivity contribution in [3.63, 3.8) is 0 Å². The maximum absolute atomic E-state index is 12.7. The van der Waals surface area contributed by atoms with Crippen LogP contribution in [0.2, 0.25) is 0 Å². The van der Waals surface area contributed by atoms with Crippen molar-refractivity contribution in [1.29, 1.82) is 0 Å². The first kappa shape index (κ1) is 18.8. The largest absolute Gasteiger partial charge is 0.333 e. The smallest absolute Gasteiger partial charge is 0.279 e. The van der Waals surface area contributed by atoms with Gasteiger partial charge in [0.05, 0.1) is 0 Å². The van der Waals surface area contributed by atoms with E-state index in [1.54, 1.807) is 0 Å². The predicted molar refractivity (Wildman–Crippen MR) is 99.1 cm³/mol. The van der Waals surface area contributed by atoms with Crippen molar-refractivity contribution >= 4 is 13.4 Å². The maximum Gasteiger partial charge on any atom is 0.279 e. The van der Waals surface area contributed by atoms with Crippen LogP contribution in [0.5, 0.6) is 0 Å². The molecule has 26 heavy (non-hydrogen) atoms. The molecule has 1 amide bonds.